The molecular formula is C21H21N5. The van der Waals surface area contributed by atoms with Crippen LogP contribution in [0.5, 0.6) is 0 Å². The van der Waals surface area contributed by atoms with Gasteiger partial charge in [-0.3, -0.25) is 0 Å². The monoisotopic (exact) mass is 343 g/mol. The van der Waals surface area contributed by atoms with Crippen LogP contribution in [0, 0.1) is 13.8 Å². The zero-order valence-corrected chi connectivity index (χ0v) is 15.2. The fourth-order valence-electron chi connectivity index (χ4n) is 3.25. The molecule has 0 N–H and O–H groups in total. The molecule has 0 saturated carbocycles. The third-order valence-corrected chi connectivity index (χ3v) is 4.48. The summed E-state index contributed by atoms with van der Waals surface area (Å²) >= 11 is 0. The van der Waals surface area contributed by atoms with E-state index in [-0.39, 0.29) is 0 Å². The standard InChI is InChI=1S/C21H21N5/c1-4-25(17-9-5-7-15(2)11-17)20-19-13-24-26(21(19)23-14-22-20)18-10-6-8-16(3)12-18/h5-14H,4H2,1-3H3. The summed E-state index contributed by atoms with van der Waals surface area (Å²) in [5.74, 6) is 0.877. The van der Waals surface area contributed by atoms with E-state index >= 15 is 0 Å². The Balaban J connectivity index is 1.87. The van der Waals surface area contributed by atoms with Gasteiger partial charge in [0.15, 0.2) is 5.65 Å². The molecule has 0 amide bonds. The first kappa shape index (κ1) is 16.3. The molecule has 2 aromatic carbocycles. The zero-order valence-electron chi connectivity index (χ0n) is 15.2. The highest BCUT2D eigenvalue weighted by molar-refractivity contribution is 5.90. The van der Waals surface area contributed by atoms with Crippen LogP contribution >= 0.6 is 0 Å². The van der Waals surface area contributed by atoms with E-state index in [1.54, 1.807) is 6.33 Å². The third kappa shape index (κ3) is 2.81. The Hall–Kier alpha value is -3.21. The minimum absolute atomic E-state index is 0.811. The lowest BCUT2D eigenvalue weighted by Crippen LogP contribution is -2.18. The average molecular weight is 343 g/mol. The molecule has 0 unspecified atom stereocenters. The van der Waals surface area contributed by atoms with Gasteiger partial charge in [0.2, 0.25) is 0 Å². The van der Waals surface area contributed by atoms with Gasteiger partial charge in [-0.25, -0.2) is 14.6 Å². The fraction of sp³-hybridized carbons (Fsp3) is 0.190. The Labute approximate surface area is 152 Å². The second kappa shape index (κ2) is 6.59. The smallest absolute Gasteiger partial charge is 0.168 e. The van der Waals surface area contributed by atoms with E-state index in [1.165, 1.54) is 11.1 Å². The van der Waals surface area contributed by atoms with Crippen LogP contribution in [-0.2, 0) is 0 Å². The minimum Gasteiger partial charge on any atom is -0.326 e. The van der Waals surface area contributed by atoms with Crippen molar-refractivity contribution in [1.82, 2.24) is 19.7 Å². The van der Waals surface area contributed by atoms with Gasteiger partial charge in [-0.15, -0.1) is 0 Å². The summed E-state index contributed by atoms with van der Waals surface area (Å²) in [4.78, 5) is 11.3. The van der Waals surface area contributed by atoms with Gasteiger partial charge in [0, 0.05) is 12.2 Å². The number of hydrogen-bond acceptors (Lipinski definition) is 4. The van der Waals surface area contributed by atoms with Crippen molar-refractivity contribution in [3.05, 3.63) is 72.2 Å². The van der Waals surface area contributed by atoms with E-state index in [2.05, 4.69) is 77.1 Å². The number of nitrogens with zero attached hydrogens (tertiary/aromatic N) is 5. The molecule has 0 fully saturated rings. The predicted molar refractivity (Wildman–Crippen MR) is 105 cm³/mol. The van der Waals surface area contributed by atoms with Crippen LogP contribution in [0.25, 0.3) is 16.7 Å². The molecule has 2 heterocycles. The highest BCUT2D eigenvalue weighted by Crippen LogP contribution is 2.30. The summed E-state index contributed by atoms with van der Waals surface area (Å²) in [6.45, 7) is 7.11. The maximum absolute atomic E-state index is 4.58. The number of aryl methyl sites for hydroxylation is 2. The van der Waals surface area contributed by atoms with Crippen LogP contribution in [0.3, 0.4) is 0 Å². The number of rotatable bonds is 4. The van der Waals surface area contributed by atoms with Crippen molar-refractivity contribution in [3.8, 4) is 5.69 Å². The summed E-state index contributed by atoms with van der Waals surface area (Å²) < 4.78 is 1.87. The van der Waals surface area contributed by atoms with Crippen LogP contribution in [0.1, 0.15) is 18.1 Å². The second-order valence-corrected chi connectivity index (χ2v) is 6.41. The van der Waals surface area contributed by atoms with Crippen molar-refractivity contribution in [2.24, 2.45) is 0 Å². The van der Waals surface area contributed by atoms with Gasteiger partial charge in [-0.1, -0.05) is 24.3 Å². The normalized spacial score (nSPS) is 11.0. The first-order valence-electron chi connectivity index (χ1n) is 8.77. The van der Waals surface area contributed by atoms with Crippen LogP contribution in [-0.4, -0.2) is 26.3 Å². The van der Waals surface area contributed by atoms with Crippen LogP contribution in [0.2, 0.25) is 0 Å². The highest BCUT2D eigenvalue weighted by Gasteiger charge is 2.17. The largest absolute Gasteiger partial charge is 0.326 e. The number of benzene rings is 2. The fourth-order valence-corrected chi connectivity index (χ4v) is 3.25. The van der Waals surface area contributed by atoms with Gasteiger partial charge in [0.05, 0.1) is 17.3 Å². The SMILES string of the molecule is CCN(c1cccc(C)c1)c1ncnc2c1cnn2-c1cccc(C)c1. The summed E-state index contributed by atoms with van der Waals surface area (Å²) in [7, 11) is 0. The van der Waals surface area contributed by atoms with E-state index in [0.717, 1.165) is 34.8 Å². The lowest BCUT2D eigenvalue weighted by atomic mass is 10.2. The maximum atomic E-state index is 4.58. The maximum Gasteiger partial charge on any atom is 0.168 e. The molecule has 2 aromatic heterocycles. The number of aromatic nitrogens is 4. The summed E-state index contributed by atoms with van der Waals surface area (Å²) in [5.41, 5.74) is 5.35. The number of anilines is 2. The molecule has 5 nitrogen and oxygen atoms in total. The van der Waals surface area contributed by atoms with Crippen molar-refractivity contribution in [3.63, 3.8) is 0 Å². The highest BCUT2D eigenvalue weighted by atomic mass is 15.3. The molecule has 5 heteroatoms. The molecule has 130 valence electrons. The molecule has 0 aliphatic carbocycles. The van der Waals surface area contributed by atoms with Gasteiger partial charge in [-0.05, 0) is 56.2 Å². The Morgan fingerprint density at radius 3 is 2.46 bits per heavy atom. The van der Waals surface area contributed by atoms with Crippen LogP contribution < -0.4 is 4.90 Å². The summed E-state index contributed by atoms with van der Waals surface area (Å²) in [5, 5.41) is 5.52. The number of fused-ring (bicyclic) bond motifs is 1. The van der Waals surface area contributed by atoms with Crippen LogP contribution in [0.4, 0.5) is 11.5 Å². The van der Waals surface area contributed by atoms with E-state index < -0.39 is 0 Å². The summed E-state index contributed by atoms with van der Waals surface area (Å²) in [6, 6.07) is 16.7. The lowest BCUT2D eigenvalue weighted by molar-refractivity contribution is 0.893. The molecule has 4 rings (SSSR count). The van der Waals surface area contributed by atoms with E-state index in [9.17, 15) is 0 Å². The first-order valence-corrected chi connectivity index (χ1v) is 8.77. The molecule has 26 heavy (non-hydrogen) atoms. The predicted octanol–water partition coefficient (Wildman–Crippen LogP) is 4.59. The molecule has 0 saturated heterocycles. The molecule has 4 aromatic rings. The minimum atomic E-state index is 0.811. The Bertz CT molecular complexity index is 1070. The van der Waals surface area contributed by atoms with Crippen molar-refractivity contribution < 1.29 is 0 Å². The average Bonchev–Trinajstić information content (AvgIpc) is 3.07. The van der Waals surface area contributed by atoms with E-state index in [1.807, 2.05) is 23.0 Å². The van der Waals surface area contributed by atoms with Gasteiger partial charge < -0.3 is 4.90 Å². The molecule has 0 aliphatic rings. The van der Waals surface area contributed by atoms with Crippen molar-refractivity contribution in [2.75, 3.05) is 11.4 Å². The van der Waals surface area contributed by atoms with Crippen molar-refractivity contribution >= 4 is 22.5 Å². The van der Waals surface area contributed by atoms with E-state index in [0.29, 0.717) is 0 Å². The van der Waals surface area contributed by atoms with Gasteiger partial charge in [0.25, 0.3) is 0 Å². The van der Waals surface area contributed by atoms with Crippen molar-refractivity contribution in [2.45, 2.75) is 20.8 Å². The molecule has 0 bridgehead atoms. The molecular weight excluding hydrogens is 322 g/mol. The van der Waals surface area contributed by atoms with Gasteiger partial charge in [-0.2, -0.15) is 5.10 Å². The van der Waals surface area contributed by atoms with Gasteiger partial charge >= 0.3 is 0 Å². The van der Waals surface area contributed by atoms with Gasteiger partial charge in [0.1, 0.15) is 12.1 Å². The first-order chi connectivity index (χ1) is 12.7. The summed E-state index contributed by atoms with van der Waals surface area (Å²) in [6.07, 6.45) is 3.47. The van der Waals surface area contributed by atoms with Crippen LogP contribution in [0.15, 0.2) is 61.1 Å². The second-order valence-electron chi connectivity index (χ2n) is 6.41. The quantitative estimate of drug-likeness (QED) is 0.544. The Morgan fingerprint density at radius 1 is 0.962 bits per heavy atom. The third-order valence-electron chi connectivity index (χ3n) is 4.48. The molecule has 0 aliphatic heterocycles. The Kier molecular flexibility index (Phi) is 4.13. The zero-order chi connectivity index (χ0) is 18.1. The van der Waals surface area contributed by atoms with Crippen molar-refractivity contribution in [1.29, 1.82) is 0 Å². The molecule has 0 atom stereocenters. The topological polar surface area (TPSA) is 46.8 Å². The van der Waals surface area contributed by atoms with E-state index in [4.69, 9.17) is 0 Å². The Morgan fingerprint density at radius 2 is 1.73 bits per heavy atom. The molecule has 0 spiro atoms. The lowest BCUT2D eigenvalue weighted by Gasteiger charge is -2.22. The number of hydrogen-bond donors (Lipinski definition) is 0. The molecule has 0 radical (unpaired) electrons.